The van der Waals surface area contributed by atoms with Gasteiger partial charge in [0.15, 0.2) is 0 Å². The SMILES string of the molecule is [CH]1[CH][CH][CH][CH]1.[CH]1[CH][CH][C](C=Nc2ccccc2)[CH]1.[Fe]. The van der Waals surface area contributed by atoms with Crippen LogP contribution in [0, 0.1) is 63.7 Å². The number of hydrogen-bond donors (Lipinski definition) is 0. The first-order valence-electron chi connectivity index (χ1n) is 5.93. The molecule has 1 aromatic rings. The molecule has 1 aromatic carbocycles. The van der Waals surface area contributed by atoms with Crippen LogP contribution in [0.2, 0.25) is 0 Å². The van der Waals surface area contributed by atoms with Crippen LogP contribution < -0.4 is 0 Å². The molecule has 0 aliphatic heterocycles. The van der Waals surface area contributed by atoms with Gasteiger partial charge in [0.2, 0.25) is 0 Å². The summed E-state index contributed by atoms with van der Waals surface area (Å²) in [6, 6.07) is 9.93. The molecule has 2 aliphatic carbocycles. The third kappa shape index (κ3) is 6.94. The molecule has 0 amide bonds. The van der Waals surface area contributed by atoms with E-state index >= 15 is 0 Å². The van der Waals surface area contributed by atoms with Crippen molar-refractivity contribution in [3.63, 3.8) is 0 Å². The summed E-state index contributed by atoms with van der Waals surface area (Å²) in [5.74, 6) is 1.14. The minimum Gasteiger partial charge on any atom is -0.261 e. The predicted molar refractivity (Wildman–Crippen MR) is 76.5 cm³/mol. The average Bonchev–Trinajstić information content (AvgIpc) is 3.13. The molecular formula is C17H15FeN. The molecule has 1 nitrogen and oxygen atoms in total. The Bertz CT molecular complexity index is 330. The van der Waals surface area contributed by atoms with Crippen LogP contribution in [0.25, 0.3) is 0 Å². The van der Waals surface area contributed by atoms with Gasteiger partial charge in [-0.3, -0.25) is 4.99 Å². The van der Waals surface area contributed by atoms with E-state index < -0.39 is 0 Å². The molecule has 19 heavy (non-hydrogen) atoms. The minimum atomic E-state index is 0. The second-order valence-corrected chi connectivity index (χ2v) is 3.77. The Morgan fingerprint density at radius 1 is 0.684 bits per heavy atom. The van der Waals surface area contributed by atoms with Gasteiger partial charge in [0.1, 0.15) is 0 Å². The van der Waals surface area contributed by atoms with Crippen molar-refractivity contribution in [2.75, 3.05) is 0 Å². The van der Waals surface area contributed by atoms with Gasteiger partial charge in [0, 0.05) is 29.2 Å². The molecule has 2 heteroatoms. The fourth-order valence-corrected chi connectivity index (χ4v) is 1.46. The van der Waals surface area contributed by atoms with Crippen molar-refractivity contribution in [2.24, 2.45) is 4.99 Å². The third-order valence-electron chi connectivity index (χ3n) is 2.36. The van der Waals surface area contributed by atoms with Crippen LogP contribution >= 0.6 is 0 Å². The van der Waals surface area contributed by atoms with Crippen molar-refractivity contribution in [2.45, 2.75) is 0 Å². The first kappa shape index (κ1) is 16.5. The van der Waals surface area contributed by atoms with E-state index in [0.717, 1.165) is 11.6 Å². The standard InChI is InChI=1S/C12H10N.C5H5.Fe/c1-2-8-12(9-3-1)13-10-11-6-4-5-7-11;1-2-4-5-3-1;/h1-10H;1-5H;. The van der Waals surface area contributed by atoms with Gasteiger partial charge in [0.25, 0.3) is 0 Å². The van der Waals surface area contributed by atoms with Crippen LogP contribution in [0.1, 0.15) is 0 Å². The average molecular weight is 289 g/mol. The molecule has 0 heterocycles. The Kier molecular flexibility index (Phi) is 8.86. The summed E-state index contributed by atoms with van der Waals surface area (Å²) in [6.45, 7) is 0. The van der Waals surface area contributed by atoms with Gasteiger partial charge in [0.05, 0.1) is 5.69 Å². The van der Waals surface area contributed by atoms with Crippen LogP contribution in [-0.2, 0) is 17.1 Å². The van der Waals surface area contributed by atoms with Gasteiger partial charge in [-0.25, -0.2) is 0 Å². The molecule has 0 bridgehead atoms. The van der Waals surface area contributed by atoms with E-state index in [9.17, 15) is 0 Å². The maximum Gasteiger partial charge on any atom is 0.0625 e. The van der Waals surface area contributed by atoms with Crippen LogP contribution in [-0.4, -0.2) is 6.21 Å². The minimum absolute atomic E-state index is 0. The number of benzene rings is 1. The number of para-hydroxylation sites is 1. The first-order valence-corrected chi connectivity index (χ1v) is 5.93. The quantitative estimate of drug-likeness (QED) is 0.580. The van der Waals surface area contributed by atoms with E-state index in [-0.39, 0.29) is 17.1 Å². The maximum absolute atomic E-state index is 4.32. The zero-order valence-electron chi connectivity index (χ0n) is 10.5. The fraction of sp³-hybridized carbons (Fsp3) is 0. The van der Waals surface area contributed by atoms with Crippen molar-refractivity contribution >= 4 is 11.9 Å². The monoisotopic (exact) mass is 289 g/mol. The van der Waals surface area contributed by atoms with Gasteiger partial charge >= 0.3 is 0 Å². The van der Waals surface area contributed by atoms with E-state index in [0.29, 0.717) is 0 Å². The Labute approximate surface area is 128 Å². The summed E-state index contributed by atoms with van der Waals surface area (Å²) in [5, 5.41) is 0. The van der Waals surface area contributed by atoms with Crippen LogP contribution in [0.5, 0.6) is 0 Å². The van der Waals surface area contributed by atoms with Crippen molar-refractivity contribution in [3.05, 3.63) is 94.0 Å². The Morgan fingerprint density at radius 2 is 1.21 bits per heavy atom. The maximum atomic E-state index is 4.32. The molecule has 0 spiro atoms. The molecule has 2 fully saturated rings. The van der Waals surface area contributed by atoms with E-state index in [1.807, 2.05) is 94.3 Å². The molecule has 0 aromatic heterocycles. The van der Waals surface area contributed by atoms with E-state index in [1.165, 1.54) is 0 Å². The first-order chi connectivity index (χ1) is 8.95. The smallest absolute Gasteiger partial charge is 0.0625 e. The number of rotatable bonds is 2. The van der Waals surface area contributed by atoms with Crippen molar-refractivity contribution in [3.8, 4) is 0 Å². The second kappa shape index (κ2) is 10.2. The van der Waals surface area contributed by atoms with E-state index in [4.69, 9.17) is 0 Å². The second-order valence-electron chi connectivity index (χ2n) is 3.77. The van der Waals surface area contributed by atoms with Gasteiger partial charge in [-0.15, -0.1) is 0 Å². The van der Waals surface area contributed by atoms with Crippen molar-refractivity contribution in [1.82, 2.24) is 0 Å². The number of hydrogen-bond acceptors (Lipinski definition) is 1. The summed E-state index contributed by atoms with van der Waals surface area (Å²) < 4.78 is 0. The summed E-state index contributed by atoms with van der Waals surface area (Å²) in [6.07, 6.45) is 20.0. The van der Waals surface area contributed by atoms with Gasteiger partial charge in [-0.2, -0.15) is 0 Å². The van der Waals surface area contributed by atoms with Crippen LogP contribution in [0.3, 0.4) is 0 Å². The summed E-state index contributed by atoms with van der Waals surface area (Å²) in [4.78, 5) is 4.32. The molecule has 2 saturated carbocycles. The van der Waals surface area contributed by atoms with E-state index in [2.05, 4.69) is 4.99 Å². The predicted octanol–water partition coefficient (Wildman–Crippen LogP) is 3.81. The molecule has 0 unspecified atom stereocenters. The number of aliphatic imine (C=N–C) groups is 1. The largest absolute Gasteiger partial charge is 0.261 e. The molecule has 0 N–H and O–H groups in total. The molecule has 0 saturated heterocycles. The summed E-state index contributed by atoms with van der Waals surface area (Å²) in [5.41, 5.74) is 0.990. The molecule has 10 radical (unpaired) electrons. The van der Waals surface area contributed by atoms with Crippen molar-refractivity contribution < 1.29 is 17.1 Å². The molecule has 3 rings (SSSR count). The van der Waals surface area contributed by atoms with Crippen molar-refractivity contribution in [1.29, 1.82) is 0 Å². The van der Waals surface area contributed by atoms with Gasteiger partial charge in [-0.1, -0.05) is 18.2 Å². The molecular weight excluding hydrogens is 274 g/mol. The normalized spacial score (nSPS) is 18.9. The van der Waals surface area contributed by atoms with Gasteiger partial charge < -0.3 is 0 Å². The Hall–Kier alpha value is -0.591. The van der Waals surface area contributed by atoms with Crippen LogP contribution in [0.4, 0.5) is 5.69 Å². The van der Waals surface area contributed by atoms with E-state index in [1.54, 1.807) is 0 Å². The zero-order valence-corrected chi connectivity index (χ0v) is 11.6. The Balaban J connectivity index is 0.000000256. The number of nitrogens with zero attached hydrogens (tertiary/aromatic N) is 1. The topological polar surface area (TPSA) is 12.4 Å². The fourth-order valence-electron chi connectivity index (χ4n) is 1.46. The summed E-state index contributed by atoms with van der Waals surface area (Å²) >= 11 is 0. The molecule has 2 aliphatic rings. The Morgan fingerprint density at radius 3 is 1.74 bits per heavy atom. The summed E-state index contributed by atoms with van der Waals surface area (Å²) in [7, 11) is 0. The van der Waals surface area contributed by atoms with Crippen LogP contribution in [0.15, 0.2) is 35.3 Å². The zero-order chi connectivity index (χ0) is 12.5. The third-order valence-corrected chi connectivity index (χ3v) is 2.36. The molecule has 96 valence electrons. The van der Waals surface area contributed by atoms with Gasteiger partial charge in [-0.05, 0) is 69.9 Å². The molecule has 0 atom stereocenters.